The van der Waals surface area contributed by atoms with E-state index in [1.165, 1.54) is 5.56 Å². The summed E-state index contributed by atoms with van der Waals surface area (Å²) in [5.41, 5.74) is 6.52. The van der Waals surface area contributed by atoms with E-state index < -0.39 is 0 Å². The lowest BCUT2D eigenvalue weighted by molar-refractivity contribution is 0.0354. The standard InChI is InChI=1S/C15H19ClN4O2/c16-12-3-1-11(2-4-12)15(5-7-21-8-6-15)18-10-13-19-14(9-17)22-20-13/h1-4,18H,5-10,17H2. The molecule has 0 unspecified atom stereocenters. The van der Waals surface area contributed by atoms with Crippen molar-refractivity contribution in [3.05, 3.63) is 46.6 Å². The molecule has 0 aliphatic carbocycles. The van der Waals surface area contributed by atoms with E-state index in [1.54, 1.807) is 0 Å². The number of nitrogens with zero attached hydrogens (tertiary/aromatic N) is 2. The number of hydrogen-bond acceptors (Lipinski definition) is 6. The third-order valence-corrected chi connectivity index (χ3v) is 4.26. The monoisotopic (exact) mass is 322 g/mol. The molecule has 0 saturated carbocycles. The Morgan fingerprint density at radius 1 is 1.23 bits per heavy atom. The summed E-state index contributed by atoms with van der Waals surface area (Å²) in [6, 6.07) is 7.94. The van der Waals surface area contributed by atoms with Gasteiger partial charge in [-0.2, -0.15) is 4.98 Å². The highest BCUT2D eigenvalue weighted by Crippen LogP contribution is 2.33. The van der Waals surface area contributed by atoms with Crippen LogP contribution in [0.4, 0.5) is 0 Å². The van der Waals surface area contributed by atoms with Crippen LogP contribution < -0.4 is 11.1 Å². The molecule has 6 nitrogen and oxygen atoms in total. The van der Waals surface area contributed by atoms with E-state index >= 15 is 0 Å². The Kier molecular flexibility index (Phi) is 4.73. The van der Waals surface area contributed by atoms with Gasteiger partial charge in [-0.25, -0.2) is 0 Å². The molecule has 2 aromatic rings. The van der Waals surface area contributed by atoms with Crippen molar-refractivity contribution >= 4 is 11.6 Å². The van der Waals surface area contributed by atoms with E-state index in [0.29, 0.717) is 18.3 Å². The molecule has 118 valence electrons. The topological polar surface area (TPSA) is 86.2 Å². The molecule has 22 heavy (non-hydrogen) atoms. The first-order valence-corrected chi connectivity index (χ1v) is 7.70. The van der Waals surface area contributed by atoms with Gasteiger partial charge in [0.2, 0.25) is 5.89 Å². The maximum Gasteiger partial charge on any atom is 0.240 e. The summed E-state index contributed by atoms with van der Waals surface area (Å²) in [4.78, 5) is 4.23. The van der Waals surface area contributed by atoms with Crippen LogP contribution in [0.5, 0.6) is 0 Å². The van der Waals surface area contributed by atoms with Crippen LogP contribution in [0.15, 0.2) is 28.8 Å². The molecule has 1 aliphatic rings. The second-order valence-electron chi connectivity index (χ2n) is 5.36. The summed E-state index contributed by atoms with van der Waals surface area (Å²) in [6.07, 6.45) is 1.77. The van der Waals surface area contributed by atoms with E-state index in [4.69, 9.17) is 26.6 Å². The number of halogens is 1. The third-order valence-electron chi connectivity index (χ3n) is 4.01. The summed E-state index contributed by atoms with van der Waals surface area (Å²) in [7, 11) is 0. The van der Waals surface area contributed by atoms with Crippen molar-refractivity contribution in [3.8, 4) is 0 Å². The zero-order valence-electron chi connectivity index (χ0n) is 12.2. The van der Waals surface area contributed by atoms with Gasteiger partial charge in [-0.3, -0.25) is 5.32 Å². The smallest absolute Gasteiger partial charge is 0.240 e. The Morgan fingerprint density at radius 3 is 2.59 bits per heavy atom. The van der Waals surface area contributed by atoms with Crippen LogP contribution in [0.25, 0.3) is 0 Å². The molecule has 1 aliphatic heterocycles. The number of benzene rings is 1. The molecule has 3 N–H and O–H groups in total. The average Bonchev–Trinajstić information content (AvgIpc) is 3.03. The van der Waals surface area contributed by atoms with Crippen molar-refractivity contribution < 1.29 is 9.26 Å². The van der Waals surface area contributed by atoms with Crippen LogP contribution in [0, 0.1) is 0 Å². The Balaban J connectivity index is 1.78. The highest BCUT2D eigenvalue weighted by Gasteiger charge is 2.34. The first kappa shape index (κ1) is 15.4. The lowest BCUT2D eigenvalue weighted by atomic mass is 9.82. The van der Waals surface area contributed by atoms with Crippen molar-refractivity contribution in [1.82, 2.24) is 15.5 Å². The molecule has 1 aromatic heterocycles. The molecule has 7 heteroatoms. The number of aromatic nitrogens is 2. The van der Waals surface area contributed by atoms with E-state index in [1.807, 2.05) is 12.1 Å². The van der Waals surface area contributed by atoms with Gasteiger partial charge >= 0.3 is 0 Å². The lowest BCUT2D eigenvalue weighted by Gasteiger charge is -2.38. The van der Waals surface area contributed by atoms with E-state index in [-0.39, 0.29) is 12.1 Å². The van der Waals surface area contributed by atoms with Gasteiger partial charge in [0.25, 0.3) is 0 Å². The maximum absolute atomic E-state index is 6.00. The van der Waals surface area contributed by atoms with Gasteiger partial charge < -0.3 is 15.0 Å². The van der Waals surface area contributed by atoms with Gasteiger partial charge in [0.05, 0.1) is 13.1 Å². The van der Waals surface area contributed by atoms with Crippen molar-refractivity contribution in [3.63, 3.8) is 0 Å². The summed E-state index contributed by atoms with van der Waals surface area (Å²) in [5, 5.41) is 8.24. The molecule has 0 radical (unpaired) electrons. The van der Waals surface area contributed by atoms with Crippen molar-refractivity contribution in [2.45, 2.75) is 31.5 Å². The molecule has 1 saturated heterocycles. The summed E-state index contributed by atoms with van der Waals surface area (Å²) in [6.45, 7) is 2.21. The van der Waals surface area contributed by atoms with E-state index in [0.717, 1.165) is 31.1 Å². The van der Waals surface area contributed by atoms with E-state index in [9.17, 15) is 0 Å². The fourth-order valence-electron chi connectivity index (χ4n) is 2.75. The highest BCUT2D eigenvalue weighted by atomic mass is 35.5. The molecule has 0 amide bonds. The van der Waals surface area contributed by atoms with Gasteiger partial charge in [-0.05, 0) is 30.5 Å². The quantitative estimate of drug-likeness (QED) is 0.875. The Morgan fingerprint density at radius 2 is 1.95 bits per heavy atom. The Bertz CT molecular complexity index is 608. The minimum atomic E-state index is -0.160. The predicted molar refractivity (Wildman–Crippen MR) is 82.2 cm³/mol. The molecule has 0 atom stereocenters. The lowest BCUT2D eigenvalue weighted by Crippen LogP contribution is -2.46. The Labute approximate surface area is 134 Å². The van der Waals surface area contributed by atoms with Gasteiger partial charge in [-0.15, -0.1) is 0 Å². The summed E-state index contributed by atoms with van der Waals surface area (Å²) in [5.74, 6) is 1.06. The Hall–Kier alpha value is -1.47. The maximum atomic E-state index is 6.00. The third kappa shape index (κ3) is 3.30. The number of ether oxygens (including phenoxy) is 1. The molecule has 3 rings (SSSR count). The van der Waals surface area contributed by atoms with Gasteiger partial charge in [-0.1, -0.05) is 28.9 Å². The van der Waals surface area contributed by atoms with Gasteiger partial charge in [0.15, 0.2) is 5.82 Å². The average molecular weight is 323 g/mol. The second-order valence-corrected chi connectivity index (χ2v) is 5.80. The number of rotatable bonds is 5. The number of nitrogens with one attached hydrogen (secondary N) is 1. The largest absolute Gasteiger partial charge is 0.381 e. The van der Waals surface area contributed by atoms with Crippen LogP contribution >= 0.6 is 11.6 Å². The fourth-order valence-corrected chi connectivity index (χ4v) is 2.88. The molecule has 0 spiro atoms. The molecule has 0 bridgehead atoms. The number of nitrogens with two attached hydrogens (primary N) is 1. The first-order valence-electron chi connectivity index (χ1n) is 7.32. The molecular weight excluding hydrogens is 304 g/mol. The SMILES string of the molecule is NCc1nc(CNC2(c3ccc(Cl)cc3)CCOCC2)no1. The van der Waals surface area contributed by atoms with Gasteiger partial charge in [0, 0.05) is 23.8 Å². The zero-order chi connectivity index (χ0) is 15.4. The van der Waals surface area contributed by atoms with Crippen LogP contribution in [-0.4, -0.2) is 23.4 Å². The van der Waals surface area contributed by atoms with Crippen molar-refractivity contribution in [2.75, 3.05) is 13.2 Å². The number of hydrogen-bond donors (Lipinski definition) is 2. The van der Waals surface area contributed by atoms with Gasteiger partial charge in [0.1, 0.15) is 0 Å². The van der Waals surface area contributed by atoms with Crippen LogP contribution in [0.3, 0.4) is 0 Å². The summed E-state index contributed by atoms with van der Waals surface area (Å²) < 4.78 is 10.6. The van der Waals surface area contributed by atoms with Crippen molar-refractivity contribution in [1.29, 1.82) is 0 Å². The van der Waals surface area contributed by atoms with Crippen LogP contribution in [0.2, 0.25) is 5.02 Å². The fraction of sp³-hybridized carbons (Fsp3) is 0.467. The van der Waals surface area contributed by atoms with Crippen LogP contribution in [0.1, 0.15) is 30.1 Å². The normalized spacial score (nSPS) is 17.5. The minimum Gasteiger partial charge on any atom is -0.381 e. The first-order chi connectivity index (χ1) is 10.7. The molecule has 1 fully saturated rings. The highest BCUT2D eigenvalue weighted by molar-refractivity contribution is 6.30. The second kappa shape index (κ2) is 6.75. The molecule has 1 aromatic carbocycles. The summed E-state index contributed by atoms with van der Waals surface area (Å²) >= 11 is 6.00. The zero-order valence-corrected chi connectivity index (χ0v) is 13.0. The molecular formula is C15H19ClN4O2. The van der Waals surface area contributed by atoms with Crippen LogP contribution in [-0.2, 0) is 23.4 Å². The minimum absolute atomic E-state index is 0.160. The van der Waals surface area contributed by atoms with E-state index in [2.05, 4.69) is 27.6 Å². The van der Waals surface area contributed by atoms with Crippen molar-refractivity contribution in [2.24, 2.45) is 5.73 Å². The molecule has 2 heterocycles. The predicted octanol–water partition coefficient (Wildman–Crippen LogP) is 1.98.